The van der Waals surface area contributed by atoms with Gasteiger partial charge in [-0.3, -0.25) is 4.90 Å². The summed E-state index contributed by atoms with van der Waals surface area (Å²) in [4.78, 5) is 26.8. The van der Waals surface area contributed by atoms with E-state index in [-0.39, 0.29) is 6.61 Å². The lowest BCUT2D eigenvalue weighted by Gasteiger charge is -2.37. The number of amides is 1. The average molecular weight is 464 g/mol. The van der Waals surface area contributed by atoms with E-state index in [0.717, 1.165) is 16.7 Å². The molecule has 1 unspecified atom stereocenters. The first-order valence-corrected chi connectivity index (χ1v) is 11.1. The highest BCUT2D eigenvalue weighted by Gasteiger charge is 2.35. The number of hydrogen-bond acceptors (Lipinski definition) is 5. The molecule has 0 aliphatic carbocycles. The number of fused-ring (bicyclic) bond motifs is 1. The number of methoxy groups -OCH3 is 1. The Morgan fingerprint density at radius 2 is 1.76 bits per heavy atom. The normalized spacial score (nSPS) is 15.7. The fraction of sp³-hybridized carbons (Fsp3) is 0.259. The van der Waals surface area contributed by atoms with Crippen molar-refractivity contribution >= 4 is 12.1 Å². The maximum atomic E-state index is 14.5. The van der Waals surface area contributed by atoms with E-state index in [1.54, 1.807) is 11.8 Å². The standard InChI is InChI=1S/C27H26FNO5/c1-18(26(30)32-2)34-24-13-12-21(28)16-23(24)25-22-11-7-6-10-20(22)14-15-29(25)27(31)33-17-19-8-4-3-5-9-19/h3-13,16,18,25H,14-15,17H2,1-2H3/t18-,25?/m0/s1. The molecule has 0 saturated heterocycles. The zero-order valence-corrected chi connectivity index (χ0v) is 19.1. The number of nitrogens with zero attached hydrogens (tertiary/aromatic N) is 1. The molecule has 3 aromatic rings. The van der Waals surface area contributed by atoms with Crippen LogP contribution in [0.4, 0.5) is 9.18 Å². The van der Waals surface area contributed by atoms with Gasteiger partial charge in [0.25, 0.3) is 0 Å². The second-order valence-electron chi connectivity index (χ2n) is 8.05. The van der Waals surface area contributed by atoms with Gasteiger partial charge in [-0.1, -0.05) is 54.6 Å². The third-order valence-electron chi connectivity index (χ3n) is 5.83. The van der Waals surface area contributed by atoms with Crippen molar-refractivity contribution in [3.63, 3.8) is 0 Å². The third kappa shape index (κ3) is 5.03. The van der Waals surface area contributed by atoms with Gasteiger partial charge >= 0.3 is 12.1 Å². The number of carbonyl (C=O) groups excluding carboxylic acids is 2. The van der Waals surface area contributed by atoms with Gasteiger partial charge in [-0.05, 0) is 48.2 Å². The molecule has 0 saturated carbocycles. The molecular weight excluding hydrogens is 437 g/mol. The minimum Gasteiger partial charge on any atom is -0.479 e. The van der Waals surface area contributed by atoms with Crippen LogP contribution in [-0.2, 0) is 27.3 Å². The van der Waals surface area contributed by atoms with Crippen LogP contribution in [0.15, 0.2) is 72.8 Å². The highest BCUT2D eigenvalue weighted by Crippen LogP contribution is 2.40. The van der Waals surface area contributed by atoms with Crippen LogP contribution in [0.5, 0.6) is 5.75 Å². The number of halogens is 1. The van der Waals surface area contributed by atoms with Crippen molar-refractivity contribution in [3.05, 3.63) is 101 Å². The Kier molecular flexibility index (Phi) is 7.11. The van der Waals surface area contributed by atoms with Crippen molar-refractivity contribution in [2.75, 3.05) is 13.7 Å². The topological polar surface area (TPSA) is 65.1 Å². The largest absolute Gasteiger partial charge is 0.479 e. The summed E-state index contributed by atoms with van der Waals surface area (Å²) in [5.74, 6) is -0.742. The second kappa shape index (κ2) is 10.4. The molecule has 0 fully saturated rings. The summed E-state index contributed by atoms with van der Waals surface area (Å²) in [6.07, 6.45) is -0.789. The van der Waals surface area contributed by atoms with Gasteiger partial charge in [0.05, 0.1) is 13.2 Å². The molecule has 4 rings (SSSR count). The van der Waals surface area contributed by atoms with Crippen LogP contribution in [0.1, 0.15) is 35.2 Å². The van der Waals surface area contributed by atoms with Gasteiger partial charge < -0.3 is 14.2 Å². The quantitative estimate of drug-likeness (QED) is 0.479. The van der Waals surface area contributed by atoms with Gasteiger partial charge in [-0.25, -0.2) is 14.0 Å². The van der Waals surface area contributed by atoms with Crippen molar-refractivity contribution < 1.29 is 28.2 Å². The first-order chi connectivity index (χ1) is 16.5. The summed E-state index contributed by atoms with van der Waals surface area (Å²) in [7, 11) is 1.27. The van der Waals surface area contributed by atoms with Crippen molar-refractivity contribution in [2.24, 2.45) is 0 Å². The van der Waals surface area contributed by atoms with Crippen molar-refractivity contribution in [3.8, 4) is 5.75 Å². The Morgan fingerprint density at radius 1 is 1.03 bits per heavy atom. The minimum atomic E-state index is -0.911. The number of esters is 1. The molecule has 0 N–H and O–H groups in total. The summed E-state index contributed by atoms with van der Waals surface area (Å²) in [5.41, 5.74) is 3.20. The maximum absolute atomic E-state index is 14.5. The predicted octanol–water partition coefficient (Wildman–Crippen LogP) is 5.05. The number of benzene rings is 3. The van der Waals surface area contributed by atoms with Crippen LogP contribution < -0.4 is 4.74 Å². The number of ether oxygens (including phenoxy) is 3. The van der Waals surface area contributed by atoms with Crippen LogP contribution >= 0.6 is 0 Å². The SMILES string of the molecule is COC(=O)[C@H](C)Oc1ccc(F)cc1C1c2ccccc2CCN1C(=O)OCc1ccccc1. The second-order valence-corrected chi connectivity index (χ2v) is 8.05. The molecular formula is C27H26FNO5. The van der Waals surface area contributed by atoms with Gasteiger partial charge in [-0.15, -0.1) is 0 Å². The lowest BCUT2D eigenvalue weighted by molar-refractivity contribution is -0.147. The van der Waals surface area contributed by atoms with Crippen molar-refractivity contribution in [1.29, 1.82) is 0 Å². The summed E-state index contributed by atoms with van der Waals surface area (Å²) < 4.78 is 30.7. The third-order valence-corrected chi connectivity index (χ3v) is 5.83. The van der Waals surface area contributed by atoms with E-state index in [2.05, 4.69) is 0 Å². The molecule has 0 aromatic heterocycles. The predicted molar refractivity (Wildman–Crippen MR) is 124 cm³/mol. The van der Waals surface area contributed by atoms with E-state index < -0.39 is 30.0 Å². The number of rotatable bonds is 6. The molecule has 0 spiro atoms. The molecule has 1 heterocycles. The van der Waals surface area contributed by atoms with E-state index in [1.807, 2.05) is 54.6 Å². The lowest BCUT2D eigenvalue weighted by Crippen LogP contribution is -2.41. The highest BCUT2D eigenvalue weighted by molar-refractivity contribution is 5.74. The Bertz CT molecular complexity index is 1170. The molecule has 1 amide bonds. The lowest BCUT2D eigenvalue weighted by atomic mass is 9.88. The molecule has 1 aliphatic rings. The Labute approximate surface area is 197 Å². The van der Waals surface area contributed by atoms with E-state index in [0.29, 0.717) is 24.3 Å². The maximum Gasteiger partial charge on any atom is 0.410 e. The van der Waals surface area contributed by atoms with Crippen LogP contribution in [0, 0.1) is 5.82 Å². The molecule has 0 bridgehead atoms. The molecule has 3 aromatic carbocycles. The fourth-order valence-electron chi connectivity index (χ4n) is 4.15. The average Bonchev–Trinajstić information content (AvgIpc) is 2.87. The molecule has 34 heavy (non-hydrogen) atoms. The zero-order valence-electron chi connectivity index (χ0n) is 19.1. The Hall–Kier alpha value is -3.87. The van der Waals surface area contributed by atoms with E-state index >= 15 is 0 Å². The summed E-state index contributed by atoms with van der Waals surface area (Å²) in [6.45, 7) is 2.06. The van der Waals surface area contributed by atoms with Crippen LogP contribution in [-0.4, -0.2) is 36.7 Å². The first-order valence-electron chi connectivity index (χ1n) is 11.1. The monoisotopic (exact) mass is 463 g/mol. The molecule has 1 aliphatic heterocycles. The molecule has 176 valence electrons. The number of carbonyl (C=O) groups is 2. The van der Waals surface area contributed by atoms with Gasteiger partial charge in [-0.2, -0.15) is 0 Å². The molecule has 6 nitrogen and oxygen atoms in total. The Morgan fingerprint density at radius 3 is 2.53 bits per heavy atom. The smallest absolute Gasteiger partial charge is 0.410 e. The zero-order chi connectivity index (χ0) is 24.1. The van der Waals surface area contributed by atoms with E-state index in [4.69, 9.17) is 14.2 Å². The molecule has 2 atom stereocenters. The van der Waals surface area contributed by atoms with Gasteiger partial charge in [0.1, 0.15) is 18.2 Å². The van der Waals surface area contributed by atoms with Crippen LogP contribution in [0.3, 0.4) is 0 Å². The molecule has 7 heteroatoms. The highest BCUT2D eigenvalue weighted by atomic mass is 19.1. The van der Waals surface area contributed by atoms with Crippen molar-refractivity contribution in [2.45, 2.75) is 32.1 Å². The van der Waals surface area contributed by atoms with Gasteiger partial charge in [0, 0.05) is 12.1 Å². The first kappa shape index (κ1) is 23.3. The van der Waals surface area contributed by atoms with Crippen LogP contribution in [0.25, 0.3) is 0 Å². The van der Waals surface area contributed by atoms with E-state index in [9.17, 15) is 14.0 Å². The summed E-state index contributed by atoms with van der Waals surface area (Å²) >= 11 is 0. The molecule has 0 radical (unpaired) electrons. The summed E-state index contributed by atoms with van der Waals surface area (Å²) in [6, 6.07) is 20.5. The van der Waals surface area contributed by atoms with Crippen molar-refractivity contribution in [1.82, 2.24) is 4.90 Å². The summed E-state index contributed by atoms with van der Waals surface area (Å²) in [5, 5.41) is 0. The van der Waals surface area contributed by atoms with Crippen LogP contribution in [0.2, 0.25) is 0 Å². The van der Waals surface area contributed by atoms with Gasteiger partial charge in [0.2, 0.25) is 0 Å². The van der Waals surface area contributed by atoms with Gasteiger partial charge in [0.15, 0.2) is 6.10 Å². The minimum absolute atomic E-state index is 0.121. The van der Waals surface area contributed by atoms with E-state index in [1.165, 1.54) is 25.3 Å². The Balaban J connectivity index is 1.70. The fourth-order valence-corrected chi connectivity index (χ4v) is 4.15. The number of hydrogen-bond donors (Lipinski definition) is 0.